The number of aromatic nitrogens is 2. The summed E-state index contributed by atoms with van der Waals surface area (Å²) in [7, 11) is 0. The van der Waals surface area contributed by atoms with Crippen LogP contribution in [0.4, 0.5) is 0 Å². The molecule has 6 nitrogen and oxygen atoms in total. The number of hydrogen-bond donors (Lipinski definition) is 2. The fourth-order valence-corrected chi connectivity index (χ4v) is 1.53. The van der Waals surface area contributed by atoms with Crippen LogP contribution in [-0.4, -0.2) is 27.4 Å². The van der Waals surface area contributed by atoms with Crippen molar-refractivity contribution < 1.29 is 39.4 Å². The molecule has 0 spiro atoms. The zero-order chi connectivity index (χ0) is 11.7. The van der Waals surface area contributed by atoms with Crippen molar-refractivity contribution in [1.29, 1.82) is 0 Å². The van der Waals surface area contributed by atoms with Crippen molar-refractivity contribution in [3.63, 3.8) is 0 Å². The maximum Gasteiger partial charge on any atom is 1.00 e. The van der Waals surface area contributed by atoms with Crippen LogP contribution in [-0.2, 0) is 4.74 Å². The molecule has 0 amide bonds. The van der Waals surface area contributed by atoms with E-state index < -0.39 is 23.6 Å². The van der Waals surface area contributed by atoms with Gasteiger partial charge in [-0.25, -0.2) is 4.79 Å². The van der Waals surface area contributed by atoms with Crippen molar-refractivity contribution in [2.24, 2.45) is 0 Å². The van der Waals surface area contributed by atoms with E-state index in [1.165, 1.54) is 10.8 Å². The number of H-pyrrole nitrogens is 1. The smallest absolute Gasteiger partial charge is 0.393 e. The van der Waals surface area contributed by atoms with Crippen LogP contribution >= 0.6 is 0 Å². The fraction of sp³-hybridized carbons (Fsp3) is 0.400. The van der Waals surface area contributed by atoms with Crippen LogP contribution in [0.2, 0.25) is 0 Å². The Morgan fingerprint density at radius 3 is 2.76 bits per heavy atom. The topological polar surface area (TPSA) is 84.3 Å². The van der Waals surface area contributed by atoms with E-state index in [9.17, 15) is 9.59 Å². The van der Waals surface area contributed by atoms with E-state index in [2.05, 4.69) is 4.98 Å². The largest absolute Gasteiger partial charge is 1.00 e. The van der Waals surface area contributed by atoms with Gasteiger partial charge in [0.1, 0.15) is 6.10 Å². The molecule has 0 fully saturated rings. The van der Waals surface area contributed by atoms with Gasteiger partial charge in [0.15, 0.2) is 6.23 Å². The molecular formula is C10H12N2NaO4+. The molecule has 1 aliphatic rings. The molecule has 2 heterocycles. The van der Waals surface area contributed by atoms with Crippen LogP contribution in [0, 0.1) is 6.92 Å². The number of nitrogens with zero attached hydrogens (tertiary/aromatic N) is 1. The predicted octanol–water partition coefficient (Wildman–Crippen LogP) is -3.71. The van der Waals surface area contributed by atoms with Gasteiger partial charge >= 0.3 is 35.2 Å². The summed E-state index contributed by atoms with van der Waals surface area (Å²) >= 11 is 0. The Balaban J connectivity index is 0.00000144. The minimum absolute atomic E-state index is 0. The second kappa shape index (κ2) is 5.79. The van der Waals surface area contributed by atoms with Gasteiger partial charge in [-0.15, -0.1) is 0 Å². The van der Waals surface area contributed by atoms with Crippen molar-refractivity contribution in [3.05, 3.63) is 44.8 Å². The summed E-state index contributed by atoms with van der Waals surface area (Å²) in [6.45, 7) is 1.47. The van der Waals surface area contributed by atoms with E-state index in [0.29, 0.717) is 5.56 Å². The van der Waals surface area contributed by atoms with Crippen molar-refractivity contribution in [1.82, 2.24) is 9.55 Å². The van der Waals surface area contributed by atoms with Gasteiger partial charge in [0.25, 0.3) is 5.56 Å². The van der Waals surface area contributed by atoms with Crippen molar-refractivity contribution in [2.45, 2.75) is 19.3 Å². The number of nitrogens with one attached hydrogen (secondary N) is 1. The molecule has 0 aliphatic carbocycles. The minimum Gasteiger partial charge on any atom is -0.393 e. The van der Waals surface area contributed by atoms with Crippen LogP contribution in [0.3, 0.4) is 0 Å². The quantitative estimate of drug-likeness (QED) is 0.416. The molecule has 0 unspecified atom stereocenters. The van der Waals surface area contributed by atoms with E-state index in [4.69, 9.17) is 9.84 Å². The number of hydrogen-bond acceptors (Lipinski definition) is 4. The first kappa shape index (κ1) is 14.4. The summed E-state index contributed by atoms with van der Waals surface area (Å²) in [5.41, 5.74) is -0.491. The third kappa shape index (κ3) is 2.97. The van der Waals surface area contributed by atoms with Gasteiger partial charge in [0.2, 0.25) is 0 Å². The minimum atomic E-state index is -0.569. The molecule has 17 heavy (non-hydrogen) atoms. The van der Waals surface area contributed by atoms with Crippen LogP contribution < -0.4 is 40.8 Å². The fourth-order valence-electron chi connectivity index (χ4n) is 1.53. The molecule has 0 bridgehead atoms. The first-order chi connectivity index (χ1) is 7.61. The second-order valence-electron chi connectivity index (χ2n) is 3.61. The molecule has 2 rings (SSSR count). The van der Waals surface area contributed by atoms with Crippen molar-refractivity contribution in [2.75, 3.05) is 6.61 Å². The van der Waals surface area contributed by atoms with Crippen LogP contribution in [0.5, 0.6) is 0 Å². The number of aliphatic hydroxyl groups excluding tert-OH is 1. The average molecular weight is 247 g/mol. The Morgan fingerprint density at radius 1 is 1.47 bits per heavy atom. The zero-order valence-electron chi connectivity index (χ0n) is 9.71. The molecule has 2 N–H and O–H groups in total. The standard InChI is InChI=1S/C10H12N2O4.Na/c1-6-4-12(10(15)11-9(6)14)8-3-2-7(5-13)16-8;/h2-4,7-8,13H,5H2,1H3,(H,11,14,15);/q;+1/t7-,8+;/m0./s1. The number of aliphatic hydroxyl groups is 1. The van der Waals surface area contributed by atoms with Crippen LogP contribution in [0.1, 0.15) is 11.8 Å². The predicted molar refractivity (Wildman–Crippen MR) is 56.2 cm³/mol. The van der Waals surface area contributed by atoms with E-state index in [0.717, 1.165) is 0 Å². The monoisotopic (exact) mass is 247 g/mol. The van der Waals surface area contributed by atoms with Crippen molar-refractivity contribution in [3.8, 4) is 0 Å². The van der Waals surface area contributed by atoms with Gasteiger partial charge in [-0.05, 0) is 13.0 Å². The summed E-state index contributed by atoms with van der Waals surface area (Å²) < 4.78 is 6.63. The first-order valence-corrected chi connectivity index (χ1v) is 4.88. The third-order valence-corrected chi connectivity index (χ3v) is 2.40. The number of aromatic amines is 1. The van der Waals surface area contributed by atoms with Gasteiger partial charge in [-0.1, -0.05) is 6.08 Å². The first-order valence-electron chi connectivity index (χ1n) is 4.88. The maximum absolute atomic E-state index is 11.5. The van der Waals surface area contributed by atoms with E-state index in [1.54, 1.807) is 19.1 Å². The van der Waals surface area contributed by atoms with Crippen molar-refractivity contribution >= 4 is 0 Å². The zero-order valence-corrected chi connectivity index (χ0v) is 11.7. The van der Waals surface area contributed by atoms with Gasteiger partial charge in [0.05, 0.1) is 6.61 Å². The molecule has 0 aromatic carbocycles. The number of aryl methyl sites for hydroxylation is 1. The SMILES string of the molecule is Cc1cn([C@H]2C=C[C@@H](CO)O2)c(=O)[nH]c1=O.[Na+]. The Hall–Kier alpha value is -0.660. The van der Waals surface area contributed by atoms with E-state index in [1.807, 2.05) is 0 Å². The van der Waals surface area contributed by atoms with Gasteiger partial charge in [-0.3, -0.25) is 14.3 Å². The molecule has 0 saturated carbocycles. The summed E-state index contributed by atoms with van der Waals surface area (Å²) in [6, 6.07) is 0. The van der Waals surface area contributed by atoms with Crippen LogP contribution in [0.25, 0.3) is 0 Å². The Labute approximate surface area is 119 Å². The second-order valence-corrected chi connectivity index (χ2v) is 3.61. The molecule has 1 aromatic rings. The molecule has 1 aromatic heterocycles. The van der Waals surface area contributed by atoms with E-state index >= 15 is 0 Å². The molecule has 7 heteroatoms. The summed E-state index contributed by atoms with van der Waals surface area (Å²) in [6.07, 6.45) is 3.82. The van der Waals surface area contributed by atoms with Gasteiger partial charge < -0.3 is 9.84 Å². The Bertz CT molecular complexity index is 534. The Kier molecular flexibility index (Phi) is 4.91. The van der Waals surface area contributed by atoms with Gasteiger partial charge in [-0.2, -0.15) is 0 Å². The third-order valence-electron chi connectivity index (χ3n) is 2.40. The number of rotatable bonds is 2. The molecule has 2 atom stereocenters. The molecular weight excluding hydrogens is 235 g/mol. The van der Waals surface area contributed by atoms with E-state index in [-0.39, 0.29) is 36.2 Å². The maximum atomic E-state index is 11.5. The summed E-state index contributed by atoms with van der Waals surface area (Å²) in [5.74, 6) is 0. The van der Waals surface area contributed by atoms with Gasteiger partial charge in [0, 0.05) is 11.8 Å². The summed E-state index contributed by atoms with van der Waals surface area (Å²) in [4.78, 5) is 24.9. The molecule has 0 saturated heterocycles. The average Bonchev–Trinajstić information content (AvgIpc) is 2.71. The number of ether oxygens (including phenoxy) is 1. The molecule has 0 radical (unpaired) electrons. The normalized spacial score (nSPS) is 22.5. The van der Waals surface area contributed by atoms with Crippen LogP contribution in [0.15, 0.2) is 27.9 Å². The Morgan fingerprint density at radius 2 is 2.18 bits per heavy atom. The summed E-state index contributed by atoms with van der Waals surface area (Å²) in [5, 5.41) is 8.88. The molecule has 86 valence electrons. The molecule has 1 aliphatic heterocycles.